The standard InChI is InChI=1S/C14H22N6/c1-2-3-8-19(10-12-5-4-6-15-12)13-14-18-17-11-20(14)9-7-16-13/h7,9,11-12,15H,2-6,8,10H2,1H3. The lowest BCUT2D eigenvalue weighted by molar-refractivity contribution is 0.569. The predicted molar refractivity (Wildman–Crippen MR) is 78.9 cm³/mol. The molecule has 0 aromatic carbocycles. The monoisotopic (exact) mass is 274 g/mol. The van der Waals surface area contributed by atoms with Gasteiger partial charge < -0.3 is 10.2 Å². The van der Waals surface area contributed by atoms with Crippen LogP contribution in [-0.2, 0) is 0 Å². The van der Waals surface area contributed by atoms with E-state index in [0.29, 0.717) is 6.04 Å². The van der Waals surface area contributed by atoms with Crippen LogP contribution in [0.2, 0.25) is 0 Å². The molecule has 1 saturated heterocycles. The maximum Gasteiger partial charge on any atom is 0.203 e. The molecule has 0 bridgehead atoms. The highest BCUT2D eigenvalue weighted by atomic mass is 15.3. The first-order valence-corrected chi connectivity index (χ1v) is 7.51. The van der Waals surface area contributed by atoms with Gasteiger partial charge in [0.25, 0.3) is 0 Å². The second kappa shape index (κ2) is 6.17. The maximum absolute atomic E-state index is 4.55. The van der Waals surface area contributed by atoms with Crippen LogP contribution in [0.25, 0.3) is 5.65 Å². The summed E-state index contributed by atoms with van der Waals surface area (Å²) < 4.78 is 1.93. The van der Waals surface area contributed by atoms with E-state index in [1.165, 1.54) is 25.7 Å². The molecule has 0 aliphatic carbocycles. The van der Waals surface area contributed by atoms with Crippen LogP contribution in [0.5, 0.6) is 0 Å². The lowest BCUT2D eigenvalue weighted by Crippen LogP contribution is -2.38. The van der Waals surface area contributed by atoms with Gasteiger partial charge in [0, 0.05) is 31.5 Å². The summed E-state index contributed by atoms with van der Waals surface area (Å²) in [7, 11) is 0. The van der Waals surface area contributed by atoms with Crippen LogP contribution in [0, 0.1) is 0 Å². The molecule has 108 valence electrons. The molecule has 1 N–H and O–H groups in total. The quantitative estimate of drug-likeness (QED) is 0.864. The molecule has 2 aromatic heterocycles. The number of anilines is 1. The van der Waals surface area contributed by atoms with Gasteiger partial charge in [-0.1, -0.05) is 13.3 Å². The topological polar surface area (TPSA) is 58.4 Å². The highest BCUT2D eigenvalue weighted by Gasteiger charge is 2.20. The number of nitrogens with one attached hydrogen (secondary N) is 1. The number of hydrogen-bond acceptors (Lipinski definition) is 5. The van der Waals surface area contributed by atoms with Gasteiger partial charge in [-0.15, -0.1) is 10.2 Å². The zero-order chi connectivity index (χ0) is 13.8. The van der Waals surface area contributed by atoms with E-state index in [-0.39, 0.29) is 0 Å². The molecule has 6 heteroatoms. The number of unbranched alkanes of at least 4 members (excludes halogenated alkanes) is 1. The third kappa shape index (κ3) is 2.75. The van der Waals surface area contributed by atoms with E-state index in [0.717, 1.165) is 31.1 Å². The van der Waals surface area contributed by atoms with Gasteiger partial charge in [0.2, 0.25) is 5.65 Å². The first kappa shape index (κ1) is 13.3. The first-order chi connectivity index (χ1) is 9.88. The maximum atomic E-state index is 4.55. The molecule has 0 amide bonds. The van der Waals surface area contributed by atoms with E-state index in [9.17, 15) is 0 Å². The van der Waals surface area contributed by atoms with Gasteiger partial charge in [0.15, 0.2) is 5.82 Å². The molecule has 0 radical (unpaired) electrons. The Bertz CT molecular complexity index is 545. The summed E-state index contributed by atoms with van der Waals surface area (Å²) in [5.74, 6) is 0.951. The van der Waals surface area contributed by atoms with Crippen molar-refractivity contribution in [2.75, 3.05) is 24.5 Å². The van der Waals surface area contributed by atoms with Crippen LogP contribution in [0.4, 0.5) is 5.82 Å². The largest absolute Gasteiger partial charge is 0.352 e. The van der Waals surface area contributed by atoms with Crippen LogP contribution in [0.15, 0.2) is 18.7 Å². The van der Waals surface area contributed by atoms with Crippen molar-refractivity contribution in [3.63, 3.8) is 0 Å². The fraction of sp³-hybridized carbons (Fsp3) is 0.643. The van der Waals surface area contributed by atoms with Crippen molar-refractivity contribution in [3.8, 4) is 0 Å². The molecule has 1 unspecified atom stereocenters. The molecule has 1 atom stereocenters. The van der Waals surface area contributed by atoms with Gasteiger partial charge in [-0.2, -0.15) is 0 Å². The lowest BCUT2D eigenvalue weighted by atomic mass is 10.2. The van der Waals surface area contributed by atoms with Crippen LogP contribution in [0.3, 0.4) is 0 Å². The summed E-state index contributed by atoms with van der Waals surface area (Å²) in [5.41, 5.74) is 0.849. The van der Waals surface area contributed by atoms with E-state index in [4.69, 9.17) is 0 Å². The van der Waals surface area contributed by atoms with Crippen molar-refractivity contribution in [3.05, 3.63) is 18.7 Å². The Hall–Kier alpha value is -1.69. The fourth-order valence-corrected chi connectivity index (χ4v) is 2.78. The van der Waals surface area contributed by atoms with Gasteiger partial charge in [0.1, 0.15) is 6.33 Å². The van der Waals surface area contributed by atoms with E-state index in [1.54, 1.807) is 6.33 Å². The Balaban J connectivity index is 1.84. The molecular formula is C14H22N6. The Kier molecular flexibility index (Phi) is 4.11. The average Bonchev–Trinajstić information content (AvgIpc) is 3.13. The highest BCUT2D eigenvalue weighted by molar-refractivity contribution is 5.63. The third-order valence-electron chi connectivity index (χ3n) is 3.88. The lowest BCUT2D eigenvalue weighted by Gasteiger charge is -2.26. The minimum absolute atomic E-state index is 0.567. The third-order valence-corrected chi connectivity index (χ3v) is 3.88. The summed E-state index contributed by atoms with van der Waals surface area (Å²) in [6.07, 6.45) is 10.3. The minimum Gasteiger partial charge on any atom is -0.352 e. The van der Waals surface area contributed by atoms with Crippen molar-refractivity contribution in [1.29, 1.82) is 0 Å². The molecule has 2 aromatic rings. The second-order valence-electron chi connectivity index (χ2n) is 5.41. The zero-order valence-corrected chi connectivity index (χ0v) is 12.0. The summed E-state index contributed by atoms with van der Waals surface area (Å²) in [4.78, 5) is 6.91. The van der Waals surface area contributed by atoms with Gasteiger partial charge in [-0.25, -0.2) is 4.98 Å². The van der Waals surface area contributed by atoms with Crippen LogP contribution in [-0.4, -0.2) is 45.3 Å². The van der Waals surface area contributed by atoms with Crippen LogP contribution >= 0.6 is 0 Å². The SMILES string of the molecule is CCCCN(CC1CCCN1)c1nccn2cnnc12. The smallest absolute Gasteiger partial charge is 0.203 e. The van der Waals surface area contributed by atoms with Crippen molar-refractivity contribution in [1.82, 2.24) is 24.9 Å². The normalized spacial score (nSPS) is 18.8. The Morgan fingerprint density at radius 1 is 1.50 bits per heavy atom. The van der Waals surface area contributed by atoms with Gasteiger partial charge >= 0.3 is 0 Å². The van der Waals surface area contributed by atoms with Crippen LogP contribution in [0.1, 0.15) is 32.6 Å². The number of rotatable bonds is 6. The molecule has 20 heavy (non-hydrogen) atoms. The van der Waals surface area contributed by atoms with Crippen molar-refractivity contribution < 1.29 is 0 Å². The van der Waals surface area contributed by atoms with E-state index in [1.807, 2.05) is 16.8 Å². The summed E-state index contributed by atoms with van der Waals surface area (Å²) in [6, 6.07) is 0.567. The molecule has 3 heterocycles. The summed E-state index contributed by atoms with van der Waals surface area (Å²) in [6.45, 7) is 5.37. The Morgan fingerprint density at radius 2 is 2.45 bits per heavy atom. The average molecular weight is 274 g/mol. The van der Waals surface area contributed by atoms with Crippen molar-refractivity contribution >= 4 is 11.5 Å². The van der Waals surface area contributed by atoms with Crippen molar-refractivity contribution in [2.45, 2.75) is 38.6 Å². The molecule has 0 spiro atoms. The van der Waals surface area contributed by atoms with E-state index in [2.05, 4.69) is 32.3 Å². The second-order valence-corrected chi connectivity index (χ2v) is 5.41. The molecule has 3 rings (SSSR count). The Labute approximate surface area is 119 Å². The molecule has 6 nitrogen and oxygen atoms in total. The van der Waals surface area contributed by atoms with Gasteiger partial charge in [0.05, 0.1) is 0 Å². The predicted octanol–water partition coefficient (Wildman–Crippen LogP) is 1.48. The van der Waals surface area contributed by atoms with Gasteiger partial charge in [-0.3, -0.25) is 4.40 Å². The highest BCUT2D eigenvalue weighted by Crippen LogP contribution is 2.19. The molecule has 1 fully saturated rings. The number of aromatic nitrogens is 4. The summed E-state index contributed by atoms with van der Waals surface area (Å²) in [5, 5.41) is 11.8. The number of nitrogens with zero attached hydrogens (tertiary/aromatic N) is 5. The molecular weight excluding hydrogens is 252 g/mol. The molecule has 1 aliphatic rings. The zero-order valence-electron chi connectivity index (χ0n) is 12.0. The van der Waals surface area contributed by atoms with E-state index >= 15 is 0 Å². The number of hydrogen-bond donors (Lipinski definition) is 1. The fourth-order valence-electron chi connectivity index (χ4n) is 2.78. The number of fused-ring (bicyclic) bond motifs is 1. The van der Waals surface area contributed by atoms with Gasteiger partial charge in [-0.05, 0) is 25.8 Å². The minimum atomic E-state index is 0.567. The Morgan fingerprint density at radius 3 is 3.25 bits per heavy atom. The first-order valence-electron chi connectivity index (χ1n) is 7.51. The molecule has 1 aliphatic heterocycles. The van der Waals surface area contributed by atoms with E-state index < -0.39 is 0 Å². The summed E-state index contributed by atoms with van der Waals surface area (Å²) >= 11 is 0. The van der Waals surface area contributed by atoms with Crippen LogP contribution < -0.4 is 10.2 Å². The molecule has 0 saturated carbocycles. The van der Waals surface area contributed by atoms with Crippen molar-refractivity contribution in [2.24, 2.45) is 0 Å².